The maximum absolute atomic E-state index is 14.0. The lowest BCUT2D eigenvalue weighted by atomic mass is 9.76. The first-order valence-corrected chi connectivity index (χ1v) is 12.6. The van der Waals surface area contributed by atoms with Crippen LogP contribution in [0.1, 0.15) is 42.1 Å². The molecule has 1 aromatic heterocycles. The Morgan fingerprint density at radius 1 is 1.15 bits per heavy atom. The minimum absolute atomic E-state index is 0.0354. The molecule has 0 saturated carbocycles. The van der Waals surface area contributed by atoms with E-state index in [1.54, 1.807) is 36.4 Å². The van der Waals surface area contributed by atoms with Crippen LogP contribution < -0.4 is 0 Å². The van der Waals surface area contributed by atoms with Crippen LogP contribution in [-0.4, -0.2) is 53.5 Å². The third-order valence-corrected chi connectivity index (χ3v) is 8.73. The van der Waals surface area contributed by atoms with Gasteiger partial charge in [0, 0.05) is 18.4 Å². The number of aliphatic hydroxyl groups is 1. The number of aryl methyl sites for hydroxylation is 1. The fraction of sp³-hybridized carbons (Fsp3) is 0.360. The Balaban J connectivity index is 1.82. The van der Waals surface area contributed by atoms with Gasteiger partial charge in [-0.3, -0.25) is 9.59 Å². The van der Waals surface area contributed by atoms with E-state index in [0.717, 1.165) is 16.5 Å². The average Bonchev–Trinajstić information content (AvgIpc) is 3.17. The van der Waals surface area contributed by atoms with Gasteiger partial charge in [0.25, 0.3) is 10.0 Å². The number of hydrogen-bond donors (Lipinski definition) is 1. The molecule has 0 bridgehead atoms. The van der Waals surface area contributed by atoms with Crippen LogP contribution in [0.3, 0.4) is 0 Å². The lowest BCUT2D eigenvalue weighted by Crippen LogP contribution is -2.57. The predicted octanol–water partition coefficient (Wildman–Crippen LogP) is 2.70. The summed E-state index contributed by atoms with van der Waals surface area (Å²) in [6.07, 6.45) is 0.213. The molecule has 5 rings (SSSR count). The summed E-state index contributed by atoms with van der Waals surface area (Å²) < 4.78 is 34.1. The average molecular weight is 483 g/mol. The van der Waals surface area contributed by atoms with Crippen LogP contribution in [0.4, 0.5) is 0 Å². The highest BCUT2D eigenvalue weighted by atomic mass is 32.2. The highest BCUT2D eigenvalue weighted by Crippen LogP contribution is 2.49. The number of aromatic nitrogens is 1. The van der Waals surface area contributed by atoms with Crippen molar-refractivity contribution in [3.05, 3.63) is 65.4 Å². The first-order chi connectivity index (χ1) is 16.2. The van der Waals surface area contributed by atoms with Crippen LogP contribution in [-0.2, 0) is 30.8 Å². The van der Waals surface area contributed by atoms with E-state index in [1.807, 2.05) is 19.1 Å². The summed E-state index contributed by atoms with van der Waals surface area (Å²) >= 11 is 0. The zero-order valence-corrected chi connectivity index (χ0v) is 19.8. The van der Waals surface area contributed by atoms with E-state index in [-0.39, 0.29) is 30.1 Å². The summed E-state index contributed by atoms with van der Waals surface area (Å²) in [6, 6.07) is 12.8. The molecule has 0 unspecified atom stereocenters. The van der Waals surface area contributed by atoms with E-state index in [9.17, 15) is 23.1 Å². The molecule has 1 N–H and O–H groups in total. The van der Waals surface area contributed by atoms with E-state index in [0.29, 0.717) is 24.2 Å². The van der Waals surface area contributed by atoms with Gasteiger partial charge in [-0.2, -0.15) is 0 Å². The minimum Gasteiger partial charge on any atom is -0.469 e. The summed E-state index contributed by atoms with van der Waals surface area (Å²) in [5, 5.41) is 12.5. The molecule has 8 nitrogen and oxygen atoms in total. The number of ether oxygens (including phenoxy) is 1. The van der Waals surface area contributed by atoms with Gasteiger partial charge in [-0.15, -0.1) is 0 Å². The van der Waals surface area contributed by atoms with Crippen LogP contribution in [0.25, 0.3) is 10.9 Å². The molecule has 2 aliphatic heterocycles. The second-order valence-corrected chi connectivity index (χ2v) is 10.8. The van der Waals surface area contributed by atoms with Crippen LogP contribution in [0.15, 0.2) is 53.4 Å². The molecular formula is C25H26N2O6S. The molecule has 3 heterocycles. The number of carbonyl (C=O) groups is 2. The van der Waals surface area contributed by atoms with E-state index in [1.165, 1.54) is 16.0 Å². The number of fused-ring (bicyclic) bond motifs is 5. The van der Waals surface area contributed by atoms with Crippen molar-refractivity contribution in [2.24, 2.45) is 0 Å². The Hall–Kier alpha value is -3.17. The number of rotatable bonds is 4. The van der Waals surface area contributed by atoms with E-state index in [2.05, 4.69) is 0 Å². The summed E-state index contributed by atoms with van der Waals surface area (Å²) in [7, 11) is -2.84. The highest BCUT2D eigenvalue weighted by molar-refractivity contribution is 7.90. The molecule has 2 aromatic carbocycles. The number of hydrogen-bond acceptors (Lipinski definition) is 6. The second-order valence-electron chi connectivity index (χ2n) is 9.06. The van der Waals surface area contributed by atoms with Gasteiger partial charge in [0.1, 0.15) is 11.6 Å². The Morgan fingerprint density at radius 2 is 1.85 bits per heavy atom. The number of para-hydroxylation sites is 1. The predicted molar refractivity (Wildman–Crippen MR) is 125 cm³/mol. The van der Waals surface area contributed by atoms with Crippen molar-refractivity contribution in [3.8, 4) is 0 Å². The van der Waals surface area contributed by atoms with Gasteiger partial charge in [0.2, 0.25) is 5.91 Å². The molecule has 1 amide bonds. The molecule has 3 aromatic rings. The first-order valence-electron chi connectivity index (χ1n) is 11.2. The molecule has 0 radical (unpaired) electrons. The number of methoxy groups -OCH3 is 1. The lowest BCUT2D eigenvalue weighted by molar-refractivity contribution is -0.165. The monoisotopic (exact) mass is 482 g/mol. The Bertz CT molecular complexity index is 1410. The van der Waals surface area contributed by atoms with Gasteiger partial charge in [-0.25, -0.2) is 12.4 Å². The summed E-state index contributed by atoms with van der Waals surface area (Å²) in [5.74, 6) is -0.789. The fourth-order valence-corrected chi connectivity index (χ4v) is 6.92. The molecule has 0 spiro atoms. The third kappa shape index (κ3) is 3.33. The number of carbonyl (C=O) groups excluding carboxylic acids is 2. The van der Waals surface area contributed by atoms with Crippen LogP contribution in [0.2, 0.25) is 0 Å². The minimum atomic E-state index is -4.08. The zero-order valence-electron chi connectivity index (χ0n) is 19.0. The Morgan fingerprint density at radius 3 is 2.56 bits per heavy atom. The van der Waals surface area contributed by atoms with Crippen molar-refractivity contribution in [2.45, 2.75) is 49.1 Å². The fourth-order valence-electron chi connectivity index (χ4n) is 5.34. The number of benzene rings is 2. The molecule has 1 saturated heterocycles. The largest absolute Gasteiger partial charge is 0.469 e. The van der Waals surface area contributed by atoms with Crippen molar-refractivity contribution in [3.63, 3.8) is 0 Å². The molecule has 2 aliphatic rings. The van der Waals surface area contributed by atoms with Gasteiger partial charge in [0.05, 0.1) is 29.6 Å². The Labute approximate surface area is 197 Å². The van der Waals surface area contributed by atoms with E-state index < -0.39 is 27.6 Å². The van der Waals surface area contributed by atoms with E-state index in [4.69, 9.17) is 4.74 Å². The van der Waals surface area contributed by atoms with Crippen LogP contribution in [0, 0.1) is 6.92 Å². The normalized spacial score (nSPS) is 22.4. The Kier molecular flexibility index (Phi) is 5.29. The topological polar surface area (TPSA) is 106 Å². The number of esters is 1. The number of amides is 1. The zero-order chi connectivity index (χ0) is 24.3. The number of piperidine rings is 1. The maximum Gasteiger partial charge on any atom is 0.308 e. The molecule has 2 atom stereocenters. The molecular weight excluding hydrogens is 456 g/mol. The van der Waals surface area contributed by atoms with Gasteiger partial charge in [-0.1, -0.05) is 35.9 Å². The van der Waals surface area contributed by atoms with Gasteiger partial charge < -0.3 is 14.7 Å². The van der Waals surface area contributed by atoms with Crippen molar-refractivity contribution in [2.75, 3.05) is 13.7 Å². The highest BCUT2D eigenvalue weighted by Gasteiger charge is 2.53. The van der Waals surface area contributed by atoms with Crippen molar-refractivity contribution < 1.29 is 27.9 Å². The SMILES string of the molecule is COC(=O)C[C@@]1(O)CCC(=O)N2CCc3c(n(S(=O)(=O)c4ccc(C)cc4)c4ccccc34)[C@H]21. The van der Waals surface area contributed by atoms with Crippen molar-refractivity contribution in [1.29, 1.82) is 0 Å². The van der Waals surface area contributed by atoms with E-state index >= 15 is 0 Å². The summed E-state index contributed by atoms with van der Waals surface area (Å²) in [6.45, 7) is 2.21. The van der Waals surface area contributed by atoms with Crippen LogP contribution >= 0.6 is 0 Å². The standard InChI is InChI=1S/C25H26N2O6S/c1-16-7-9-17(10-8-16)34(31,32)27-20-6-4-3-5-18(20)19-12-14-26-21(28)11-13-25(30,15-22(29)33-2)24(26)23(19)27/h3-10,24,30H,11-15H2,1-2H3/t24-,25-/m0/s1. The smallest absolute Gasteiger partial charge is 0.308 e. The second kappa shape index (κ2) is 7.95. The molecule has 34 heavy (non-hydrogen) atoms. The maximum atomic E-state index is 14.0. The summed E-state index contributed by atoms with van der Waals surface area (Å²) in [4.78, 5) is 26.8. The number of nitrogens with zero attached hydrogens (tertiary/aromatic N) is 2. The first kappa shape index (κ1) is 22.6. The van der Waals surface area contributed by atoms with Crippen LogP contribution in [0.5, 0.6) is 0 Å². The third-order valence-electron chi connectivity index (χ3n) is 6.99. The quantitative estimate of drug-likeness (QED) is 0.573. The summed E-state index contributed by atoms with van der Waals surface area (Å²) in [5.41, 5.74) is 0.853. The van der Waals surface area contributed by atoms with Gasteiger partial charge in [0.15, 0.2) is 0 Å². The van der Waals surface area contributed by atoms with Gasteiger partial charge >= 0.3 is 5.97 Å². The molecule has 1 fully saturated rings. The molecule has 9 heteroatoms. The lowest BCUT2D eigenvalue weighted by Gasteiger charge is -2.49. The molecule has 0 aliphatic carbocycles. The molecule has 178 valence electrons. The van der Waals surface area contributed by atoms with Crippen molar-refractivity contribution in [1.82, 2.24) is 8.87 Å². The van der Waals surface area contributed by atoms with Crippen molar-refractivity contribution >= 4 is 32.8 Å². The van der Waals surface area contributed by atoms with Gasteiger partial charge in [-0.05, 0) is 43.5 Å².